The number of hydrogen-bond donors (Lipinski definition) is 2. The largest absolute Gasteiger partial charge is 0.465 e. The number of aromatic nitrogens is 2. The van der Waals surface area contributed by atoms with E-state index in [-0.39, 0.29) is 30.4 Å². The number of nitrogens with one attached hydrogen (secondary N) is 1. The van der Waals surface area contributed by atoms with E-state index in [1.165, 1.54) is 10.5 Å². The molecular weight excluding hydrogens is 488 g/mol. The first-order valence-electron chi connectivity index (χ1n) is 13.0. The summed E-state index contributed by atoms with van der Waals surface area (Å²) in [7, 11) is 0. The zero-order chi connectivity index (χ0) is 27.4. The molecule has 11 heteroatoms. The van der Waals surface area contributed by atoms with Gasteiger partial charge in [-0.05, 0) is 51.8 Å². The van der Waals surface area contributed by atoms with Crippen LogP contribution in [0, 0.1) is 0 Å². The molecule has 2 saturated heterocycles. The molecule has 2 aromatic rings. The maximum atomic E-state index is 12.6. The number of anilines is 2. The molecule has 1 aromatic carbocycles. The van der Waals surface area contributed by atoms with Crippen molar-refractivity contribution in [1.29, 1.82) is 0 Å². The lowest BCUT2D eigenvalue weighted by atomic mass is 10.1. The second-order valence-electron chi connectivity index (χ2n) is 10.8. The van der Waals surface area contributed by atoms with Crippen molar-refractivity contribution < 1.29 is 24.2 Å². The van der Waals surface area contributed by atoms with Crippen LogP contribution in [0.2, 0.25) is 0 Å². The summed E-state index contributed by atoms with van der Waals surface area (Å²) in [6, 6.07) is 9.67. The van der Waals surface area contributed by atoms with E-state index >= 15 is 0 Å². The van der Waals surface area contributed by atoms with E-state index in [1.54, 1.807) is 17.2 Å². The van der Waals surface area contributed by atoms with E-state index < -0.39 is 12.2 Å². The van der Waals surface area contributed by atoms with Crippen molar-refractivity contribution in [3.05, 3.63) is 47.7 Å². The molecular formula is C27H38N6O5. The van der Waals surface area contributed by atoms with Crippen molar-refractivity contribution >= 4 is 24.0 Å². The van der Waals surface area contributed by atoms with E-state index in [9.17, 15) is 9.59 Å². The van der Waals surface area contributed by atoms with E-state index in [0.29, 0.717) is 24.9 Å². The molecule has 206 valence electrons. The van der Waals surface area contributed by atoms with E-state index in [1.807, 2.05) is 34.6 Å². The third-order valence-electron chi connectivity index (χ3n) is 6.75. The third-order valence-corrected chi connectivity index (χ3v) is 6.75. The molecule has 2 unspecified atom stereocenters. The molecule has 2 amide bonds. The van der Waals surface area contributed by atoms with Crippen molar-refractivity contribution in [2.75, 3.05) is 43.0 Å². The SMILES string of the molecule is CC(Nc1nccc(N2C(=O)OC[C@@H]2C(C)OC(C)(C)C)n1)c1ccc(CN2CCN(C(=O)O)CC2)cc1. The molecule has 0 aliphatic carbocycles. The summed E-state index contributed by atoms with van der Waals surface area (Å²) < 4.78 is 11.4. The summed E-state index contributed by atoms with van der Waals surface area (Å²) in [5.41, 5.74) is 1.90. The van der Waals surface area contributed by atoms with Gasteiger partial charge in [-0.3, -0.25) is 9.80 Å². The molecule has 0 spiro atoms. The topological polar surface area (TPSA) is 120 Å². The molecule has 0 bridgehead atoms. The van der Waals surface area contributed by atoms with Crippen LogP contribution in [0.1, 0.15) is 51.8 Å². The van der Waals surface area contributed by atoms with Crippen LogP contribution < -0.4 is 10.2 Å². The average Bonchev–Trinajstić information content (AvgIpc) is 3.25. The summed E-state index contributed by atoms with van der Waals surface area (Å²) in [4.78, 5) is 37.9. The van der Waals surface area contributed by atoms with Gasteiger partial charge in [0.2, 0.25) is 5.95 Å². The van der Waals surface area contributed by atoms with Crippen LogP contribution >= 0.6 is 0 Å². The van der Waals surface area contributed by atoms with Crippen LogP contribution in [0.4, 0.5) is 21.4 Å². The maximum absolute atomic E-state index is 12.6. The Morgan fingerprint density at radius 2 is 1.84 bits per heavy atom. The Balaban J connectivity index is 1.37. The predicted octanol–water partition coefficient (Wildman–Crippen LogP) is 3.97. The van der Waals surface area contributed by atoms with Crippen molar-refractivity contribution in [3.8, 4) is 0 Å². The number of carbonyl (C=O) groups is 2. The van der Waals surface area contributed by atoms with Gasteiger partial charge in [0.05, 0.1) is 17.7 Å². The number of rotatable bonds is 8. The second-order valence-corrected chi connectivity index (χ2v) is 10.8. The lowest BCUT2D eigenvalue weighted by Gasteiger charge is -2.33. The van der Waals surface area contributed by atoms with Crippen LogP contribution in [0.25, 0.3) is 0 Å². The molecule has 2 N–H and O–H groups in total. The van der Waals surface area contributed by atoms with Crippen molar-refractivity contribution in [2.24, 2.45) is 0 Å². The molecule has 0 radical (unpaired) electrons. The van der Waals surface area contributed by atoms with Gasteiger partial charge in [-0.15, -0.1) is 0 Å². The highest BCUT2D eigenvalue weighted by Gasteiger charge is 2.40. The molecule has 4 rings (SSSR count). The van der Waals surface area contributed by atoms with Gasteiger partial charge in [-0.25, -0.2) is 14.6 Å². The number of amides is 2. The number of cyclic esters (lactones) is 1. The zero-order valence-corrected chi connectivity index (χ0v) is 22.8. The van der Waals surface area contributed by atoms with Gasteiger partial charge in [0.1, 0.15) is 18.5 Å². The van der Waals surface area contributed by atoms with E-state index in [0.717, 1.165) is 25.2 Å². The summed E-state index contributed by atoms with van der Waals surface area (Å²) in [5, 5.41) is 12.5. The van der Waals surface area contributed by atoms with Gasteiger partial charge in [-0.2, -0.15) is 4.98 Å². The number of ether oxygens (including phenoxy) is 2. The summed E-state index contributed by atoms with van der Waals surface area (Å²) in [5.74, 6) is 0.878. The molecule has 2 fully saturated rings. The molecule has 1 aromatic heterocycles. The number of carbonyl (C=O) groups excluding carboxylic acids is 1. The predicted molar refractivity (Wildman–Crippen MR) is 143 cm³/mol. The van der Waals surface area contributed by atoms with Crippen LogP contribution in [-0.4, -0.2) is 87.6 Å². The molecule has 2 aliphatic rings. The summed E-state index contributed by atoms with van der Waals surface area (Å²) >= 11 is 0. The normalized spacial score (nSPS) is 20.2. The molecule has 2 aliphatic heterocycles. The monoisotopic (exact) mass is 526 g/mol. The van der Waals surface area contributed by atoms with Gasteiger partial charge in [-0.1, -0.05) is 24.3 Å². The standard InChI is InChI=1S/C27H38N6O5/c1-18(21-8-6-20(7-9-21)16-31-12-14-32(15-13-31)25(34)35)29-24-28-11-10-23(30-24)33-22(17-37-26(33)36)19(2)38-27(3,4)5/h6-11,18-19,22H,12-17H2,1-5H3,(H,34,35)(H,28,29,30)/t18?,19?,22-/m1/s1. The third kappa shape index (κ3) is 6.90. The Bertz CT molecular complexity index is 1110. The second kappa shape index (κ2) is 11.5. The Morgan fingerprint density at radius 1 is 1.16 bits per heavy atom. The fourth-order valence-corrected chi connectivity index (χ4v) is 4.78. The molecule has 0 saturated carbocycles. The zero-order valence-electron chi connectivity index (χ0n) is 22.8. The van der Waals surface area contributed by atoms with Gasteiger partial charge < -0.3 is 24.8 Å². The van der Waals surface area contributed by atoms with Crippen LogP contribution in [0.15, 0.2) is 36.5 Å². The number of carboxylic acid groups (broad SMARTS) is 1. The number of benzene rings is 1. The van der Waals surface area contributed by atoms with Gasteiger partial charge >= 0.3 is 12.2 Å². The number of piperazine rings is 1. The van der Waals surface area contributed by atoms with Crippen LogP contribution in [-0.2, 0) is 16.0 Å². The molecule has 38 heavy (non-hydrogen) atoms. The first-order valence-corrected chi connectivity index (χ1v) is 13.0. The fraction of sp³-hybridized carbons (Fsp3) is 0.556. The number of hydrogen-bond acceptors (Lipinski definition) is 8. The fourth-order valence-electron chi connectivity index (χ4n) is 4.78. The first-order chi connectivity index (χ1) is 18.0. The van der Waals surface area contributed by atoms with Crippen molar-refractivity contribution in [3.63, 3.8) is 0 Å². The minimum atomic E-state index is -0.853. The summed E-state index contributed by atoms with van der Waals surface area (Å²) in [6.45, 7) is 13.5. The van der Waals surface area contributed by atoms with Gasteiger partial charge in [0, 0.05) is 38.9 Å². The van der Waals surface area contributed by atoms with Gasteiger partial charge in [0.25, 0.3) is 0 Å². The molecule has 3 heterocycles. The minimum absolute atomic E-state index is 0.0668. The smallest absolute Gasteiger partial charge is 0.416 e. The average molecular weight is 527 g/mol. The number of nitrogens with zero attached hydrogens (tertiary/aromatic N) is 5. The molecule has 3 atom stereocenters. The van der Waals surface area contributed by atoms with Crippen molar-refractivity contribution in [2.45, 2.75) is 65.0 Å². The molecule has 11 nitrogen and oxygen atoms in total. The maximum Gasteiger partial charge on any atom is 0.416 e. The van der Waals surface area contributed by atoms with Crippen LogP contribution in [0.5, 0.6) is 0 Å². The van der Waals surface area contributed by atoms with E-state index in [2.05, 4.69) is 44.5 Å². The van der Waals surface area contributed by atoms with Crippen molar-refractivity contribution in [1.82, 2.24) is 19.8 Å². The van der Waals surface area contributed by atoms with Crippen LogP contribution in [0.3, 0.4) is 0 Å². The minimum Gasteiger partial charge on any atom is -0.465 e. The summed E-state index contributed by atoms with van der Waals surface area (Å²) in [6.07, 6.45) is 0.0836. The Labute approximate surface area is 223 Å². The van der Waals surface area contributed by atoms with E-state index in [4.69, 9.17) is 14.6 Å². The Hall–Kier alpha value is -3.44. The highest BCUT2D eigenvalue weighted by Crippen LogP contribution is 2.27. The highest BCUT2D eigenvalue weighted by atomic mass is 16.6. The lowest BCUT2D eigenvalue weighted by Crippen LogP contribution is -2.47. The Kier molecular flexibility index (Phi) is 8.37. The Morgan fingerprint density at radius 3 is 2.47 bits per heavy atom. The highest BCUT2D eigenvalue weighted by molar-refractivity contribution is 5.89. The lowest BCUT2D eigenvalue weighted by molar-refractivity contribution is -0.0618. The quantitative estimate of drug-likeness (QED) is 0.526. The first kappa shape index (κ1) is 27.6. The van der Waals surface area contributed by atoms with Gasteiger partial charge in [0.15, 0.2) is 0 Å².